The van der Waals surface area contributed by atoms with Crippen molar-refractivity contribution in [3.63, 3.8) is 0 Å². The van der Waals surface area contributed by atoms with Gasteiger partial charge in [-0.25, -0.2) is 19.3 Å². The van der Waals surface area contributed by atoms with Crippen molar-refractivity contribution in [3.8, 4) is 11.5 Å². The van der Waals surface area contributed by atoms with Crippen molar-refractivity contribution in [2.45, 2.75) is 0 Å². The molecule has 0 radical (unpaired) electrons. The van der Waals surface area contributed by atoms with Crippen LogP contribution in [0.2, 0.25) is 0 Å². The first-order valence-electron chi connectivity index (χ1n) is 5.42. The van der Waals surface area contributed by atoms with Crippen molar-refractivity contribution in [1.82, 2.24) is 19.4 Å². The molecule has 0 aromatic carbocycles. The number of hydrogen-bond donors (Lipinski definition) is 1. The molecule has 1 N–H and O–H groups in total. The molecule has 3 heterocycles. The van der Waals surface area contributed by atoms with Gasteiger partial charge in [-0.3, -0.25) is 4.40 Å². The molecule has 0 aliphatic carbocycles. The number of imidazole rings is 1. The zero-order chi connectivity index (χ0) is 12.5. The smallest absolute Gasteiger partial charge is 0.180 e. The Bertz CT molecular complexity index is 707. The molecule has 0 bridgehead atoms. The molecular formula is C12H10FN5. The van der Waals surface area contributed by atoms with E-state index in [-0.39, 0.29) is 5.82 Å². The van der Waals surface area contributed by atoms with Gasteiger partial charge in [0, 0.05) is 19.4 Å². The van der Waals surface area contributed by atoms with E-state index in [1.54, 1.807) is 36.0 Å². The van der Waals surface area contributed by atoms with Crippen LogP contribution in [0, 0.1) is 5.82 Å². The Hall–Kier alpha value is -2.50. The first-order valence-corrected chi connectivity index (χ1v) is 5.42. The summed E-state index contributed by atoms with van der Waals surface area (Å²) in [4.78, 5) is 12.7. The summed E-state index contributed by atoms with van der Waals surface area (Å²) in [6, 6.07) is 4.74. The molecule has 18 heavy (non-hydrogen) atoms. The summed E-state index contributed by atoms with van der Waals surface area (Å²) >= 11 is 0. The third kappa shape index (κ3) is 1.67. The molecule has 0 unspecified atom stereocenters. The molecule has 5 nitrogen and oxygen atoms in total. The van der Waals surface area contributed by atoms with E-state index in [0.29, 0.717) is 23.0 Å². The van der Waals surface area contributed by atoms with Gasteiger partial charge in [-0.15, -0.1) is 0 Å². The monoisotopic (exact) mass is 243 g/mol. The zero-order valence-corrected chi connectivity index (χ0v) is 9.63. The number of halogens is 1. The molecule has 0 atom stereocenters. The van der Waals surface area contributed by atoms with E-state index in [0.717, 1.165) is 0 Å². The highest BCUT2D eigenvalue weighted by molar-refractivity contribution is 5.58. The van der Waals surface area contributed by atoms with Crippen LogP contribution in [0.5, 0.6) is 0 Å². The summed E-state index contributed by atoms with van der Waals surface area (Å²) in [5, 5.41) is 2.93. The van der Waals surface area contributed by atoms with Crippen LogP contribution < -0.4 is 5.32 Å². The summed E-state index contributed by atoms with van der Waals surface area (Å²) in [6.07, 6.45) is 4.64. The summed E-state index contributed by atoms with van der Waals surface area (Å²) in [7, 11) is 1.78. The Kier molecular flexibility index (Phi) is 2.40. The molecule has 0 amide bonds. The van der Waals surface area contributed by atoms with Gasteiger partial charge in [-0.2, -0.15) is 0 Å². The van der Waals surface area contributed by atoms with Crippen molar-refractivity contribution in [2.24, 2.45) is 0 Å². The van der Waals surface area contributed by atoms with Gasteiger partial charge in [0.2, 0.25) is 0 Å². The number of aromatic nitrogens is 4. The zero-order valence-electron chi connectivity index (χ0n) is 9.63. The molecule has 0 spiro atoms. The van der Waals surface area contributed by atoms with E-state index in [9.17, 15) is 4.39 Å². The van der Waals surface area contributed by atoms with Crippen LogP contribution in [-0.2, 0) is 0 Å². The molecular weight excluding hydrogens is 233 g/mol. The van der Waals surface area contributed by atoms with Crippen molar-refractivity contribution >= 4 is 11.5 Å². The van der Waals surface area contributed by atoms with Crippen LogP contribution in [-0.4, -0.2) is 26.4 Å². The summed E-state index contributed by atoms with van der Waals surface area (Å²) in [5.74, 6) is 0.873. The van der Waals surface area contributed by atoms with Crippen LogP contribution in [0.15, 0.2) is 36.8 Å². The van der Waals surface area contributed by atoms with E-state index in [1.165, 1.54) is 12.3 Å². The molecule has 0 aliphatic rings. The largest absolute Gasteiger partial charge is 0.373 e. The third-order valence-corrected chi connectivity index (χ3v) is 2.61. The molecule has 90 valence electrons. The molecule has 3 aromatic rings. The fraction of sp³-hybridized carbons (Fsp3) is 0.0833. The predicted molar refractivity (Wildman–Crippen MR) is 65.7 cm³/mol. The van der Waals surface area contributed by atoms with E-state index >= 15 is 0 Å². The second kappa shape index (κ2) is 4.06. The number of pyridine rings is 1. The third-order valence-electron chi connectivity index (χ3n) is 2.61. The van der Waals surface area contributed by atoms with Crippen LogP contribution in [0.3, 0.4) is 0 Å². The standard InChI is InChI=1S/C12H10FN5/c1-14-10-4-5-15-12(17-10)9-6-16-11-3-2-8(13)7-18(9)11/h2-7H,1H3,(H,14,15,17). The summed E-state index contributed by atoms with van der Waals surface area (Å²) < 4.78 is 14.9. The number of nitrogens with zero attached hydrogens (tertiary/aromatic N) is 4. The number of hydrogen-bond acceptors (Lipinski definition) is 4. The van der Waals surface area contributed by atoms with Gasteiger partial charge in [0.05, 0.1) is 6.20 Å². The van der Waals surface area contributed by atoms with Crippen LogP contribution in [0.25, 0.3) is 17.2 Å². The minimum atomic E-state index is -0.327. The highest BCUT2D eigenvalue weighted by atomic mass is 19.1. The van der Waals surface area contributed by atoms with Crippen molar-refractivity contribution in [1.29, 1.82) is 0 Å². The van der Waals surface area contributed by atoms with Gasteiger partial charge in [-0.1, -0.05) is 0 Å². The first kappa shape index (κ1) is 10.6. The summed E-state index contributed by atoms with van der Waals surface area (Å²) in [5.41, 5.74) is 1.31. The molecule has 3 aromatic heterocycles. The van der Waals surface area contributed by atoms with Gasteiger partial charge < -0.3 is 5.32 Å². The predicted octanol–water partition coefficient (Wildman–Crippen LogP) is 1.97. The highest BCUT2D eigenvalue weighted by Crippen LogP contribution is 2.18. The maximum atomic E-state index is 13.3. The fourth-order valence-electron chi connectivity index (χ4n) is 1.74. The fourth-order valence-corrected chi connectivity index (χ4v) is 1.74. The Morgan fingerprint density at radius 3 is 2.94 bits per heavy atom. The number of nitrogens with one attached hydrogen (secondary N) is 1. The molecule has 3 rings (SSSR count). The topological polar surface area (TPSA) is 55.1 Å². The maximum absolute atomic E-state index is 13.3. The molecule has 0 fully saturated rings. The Morgan fingerprint density at radius 1 is 1.22 bits per heavy atom. The lowest BCUT2D eigenvalue weighted by Crippen LogP contribution is -1.98. The Balaban J connectivity index is 2.21. The van der Waals surface area contributed by atoms with Crippen molar-refractivity contribution in [3.05, 3.63) is 42.6 Å². The lowest BCUT2D eigenvalue weighted by molar-refractivity contribution is 0.619. The lowest BCUT2D eigenvalue weighted by atomic mass is 10.4. The van der Waals surface area contributed by atoms with E-state index in [1.807, 2.05) is 0 Å². The summed E-state index contributed by atoms with van der Waals surface area (Å²) in [6.45, 7) is 0. The van der Waals surface area contributed by atoms with Gasteiger partial charge in [0.1, 0.15) is 23.0 Å². The maximum Gasteiger partial charge on any atom is 0.180 e. The van der Waals surface area contributed by atoms with Crippen LogP contribution in [0.4, 0.5) is 10.2 Å². The van der Waals surface area contributed by atoms with E-state index in [2.05, 4.69) is 20.3 Å². The van der Waals surface area contributed by atoms with Crippen molar-refractivity contribution in [2.75, 3.05) is 12.4 Å². The number of anilines is 1. The van der Waals surface area contributed by atoms with Gasteiger partial charge >= 0.3 is 0 Å². The highest BCUT2D eigenvalue weighted by Gasteiger charge is 2.09. The minimum Gasteiger partial charge on any atom is -0.373 e. The first-order chi connectivity index (χ1) is 8.78. The second-order valence-electron chi connectivity index (χ2n) is 3.73. The number of fused-ring (bicyclic) bond motifs is 1. The van der Waals surface area contributed by atoms with Crippen molar-refractivity contribution < 1.29 is 4.39 Å². The minimum absolute atomic E-state index is 0.327. The second-order valence-corrected chi connectivity index (χ2v) is 3.73. The number of rotatable bonds is 2. The molecule has 0 saturated carbocycles. The van der Waals surface area contributed by atoms with Gasteiger partial charge in [0.15, 0.2) is 5.82 Å². The normalized spacial score (nSPS) is 10.8. The molecule has 6 heteroatoms. The SMILES string of the molecule is CNc1ccnc(-c2cnc3ccc(F)cn23)n1. The average Bonchev–Trinajstić information content (AvgIpc) is 2.81. The molecule has 0 saturated heterocycles. The quantitative estimate of drug-likeness (QED) is 0.747. The van der Waals surface area contributed by atoms with Crippen LogP contribution in [0.1, 0.15) is 0 Å². The molecule has 0 aliphatic heterocycles. The Labute approximate surface area is 102 Å². The van der Waals surface area contributed by atoms with E-state index in [4.69, 9.17) is 0 Å². The van der Waals surface area contributed by atoms with Crippen LogP contribution >= 0.6 is 0 Å². The van der Waals surface area contributed by atoms with E-state index < -0.39 is 0 Å². The van der Waals surface area contributed by atoms with Gasteiger partial charge in [-0.05, 0) is 18.2 Å². The van der Waals surface area contributed by atoms with Gasteiger partial charge in [0.25, 0.3) is 0 Å². The lowest BCUT2D eigenvalue weighted by Gasteiger charge is -2.03. The Morgan fingerprint density at radius 2 is 2.11 bits per heavy atom. The average molecular weight is 243 g/mol.